The molecule has 1 aliphatic heterocycles. The summed E-state index contributed by atoms with van der Waals surface area (Å²) in [6, 6.07) is 15.8. The number of likely N-dealkylation sites (tertiary alicyclic amines) is 1. The average molecular weight is 288 g/mol. The number of hydrogen-bond donors (Lipinski definition) is 1. The van der Waals surface area contributed by atoms with E-state index in [4.69, 9.17) is 11.6 Å². The summed E-state index contributed by atoms with van der Waals surface area (Å²) < 4.78 is 0. The van der Waals surface area contributed by atoms with Gasteiger partial charge in [-0.15, -0.1) is 0 Å². The fourth-order valence-corrected chi connectivity index (χ4v) is 3.36. The Hall–Kier alpha value is -1.51. The van der Waals surface area contributed by atoms with Crippen molar-refractivity contribution in [3.63, 3.8) is 0 Å². The molecule has 0 unspecified atom stereocenters. The van der Waals surface area contributed by atoms with E-state index in [2.05, 4.69) is 36.2 Å². The van der Waals surface area contributed by atoms with E-state index in [1.165, 1.54) is 5.56 Å². The number of likely N-dealkylation sites (N-methyl/N-ethyl adjacent to an activating group) is 1. The number of phenols is 1. The van der Waals surface area contributed by atoms with E-state index < -0.39 is 0 Å². The van der Waals surface area contributed by atoms with Crippen LogP contribution in [-0.4, -0.2) is 30.1 Å². The van der Waals surface area contributed by atoms with Gasteiger partial charge in [-0.1, -0.05) is 41.9 Å². The molecule has 0 bridgehead atoms. The minimum Gasteiger partial charge on any atom is -0.508 e. The lowest BCUT2D eigenvalue weighted by Gasteiger charge is -2.20. The van der Waals surface area contributed by atoms with Crippen molar-refractivity contribution in [1.82, 2.24) is 4.90 Å². The third kappa shape index (κ3) is 2.54. The van der Waals surface area contributed by atoms with Gasteiger partial charge in [-0.25, -0.2) is 0 Å². The predicted molar refractivity (Wildman–Crippen MR) is 82.5 cm³/mol. The second-order valence-corrected chi connectivity index (χ2v) is 5.98. The van der Waals surface area contributed by atoms with Crippen molar-refractivity contribution < 1.29 is 5.11 Å². The van der Waals surface area contributed by atoms with Crippen LogP contribution in [0.25, 0.3) is 0 Å². The van der Waals surface area contributed by atoms with E-state index >= 15 is 0 Å². The molecule has 1 N–H and O–H groups in total. The number of nitrogens with zero attached hydrogens (tertiary/aromatic N) is 1. The van der Waals surface area contributed by atoms with Gasteiger partial charge in [0.1, 0.15) is 5.75 Å². The van der Waals surface area contributed by atoms with Crippen molar-refractivity contribution in [2.75, 3.05) is 20.1 Å². The van der Waals surface area contributed by atoms with Gasteiger partial charge in [0.2, 0.25) is 0 Å². The maximum Gasteiger partial charge on any atom is 0.119 e. The lowest BCUT2D eigenvalue weighted by atomic mass is 9.84. The molecule has 0 spiro atoms. The van der Waals surface area contributed by atoms with Gasteiger partial charge in [0, 0.05) is 35.5 Å². The molecule has 2 aromatic rings. The number of aromatic hydroxyl groups is 1. The summed E-state index contributed by atoms with van der Waals surface area (Å²) in [6.45, 7) is 1.94. The average Bonchev–Trinajstić information content (AvgIpc) is 2.84. The Labute approximate surface area is 124 Å². The first-order chi connectivity index (χ1) is 9.65. The fourth-order valence-electron chi connectivity index (χ4n) is 3.18. The van der Waals surface area contributed by atoms with E-state index in [0.29, 0.717) is 16.7 Å². The van der Waals surface area contributed by atoms with E-state index in [1.54, 1.807) is 12.1 Å². The molecule has 1 saturated heterocycles. The molecular formula is C17H18ClNO. The Kier molecular flexibility index (Phi) is 3.68. The maximum absolute atomic E-state index is 10.2. The zero-order valence-electron chi connectivity index (χ0n) is 11.5. The summed E-state index contributed by atoms with van der Waals surface area (Å²) in [4.78, 5) is 2.31. The molecule has 104 valence electrons. The summed E-state index contributed by atoms with van der Waals surface area (Å²) >= 11 is 6.10. The Balaban J connectivity index is 2.00. The first-order valence-electron chi connectivity index (χ1n) is 6.87. The Morgan fingerprint density at radius 2 is 1.75 bits per heavy atom. The zero-order valence-corrected chi connectivity index (χ0v) is 12.2. The lowest BCUT2D eigenvalue weighted by molar-refractivity contribution is 0.405. The standard InChI is InChI=1S/C17H18ClNO/c1-19-10-15(12-5-3-2-4-6-12)16(11-19)14-9-13(18)7-8-17(14)20/h2-9,15-16,20H,10-11H2,1H3/t15-,16+/m0/s1. The van der Waals surface area contributed by atoms with Crippen LogP contribution in [0.4, 0.5) is 0 Å². The van der Waals surface area contributed by atoms with Gasteiger partial charge in [-0.2, -0.15) is 0 Å². The molecule has 0 aliphatic carbocycles. The van der Waals surface area contributed by atoms with Gasteiger partial charge in [-0.3, -0.25) is 0 Å². The van der Waals surface area contributed by atoms with Gasteiger partial charge in [0.25, 0.3) is 0 Å². The second-order valence-electron chi connectivity index (χ2n) is 5.55. The minimum absolute atomic E-state index is 0.279. The number of halogens is 1. The van der Waals surface area contributed by atoms with Crippen molar-refractivity contribution in [2.45, 2.75) is 11.8 Å². The maximum atomic E-state index is 10.2. The van der Waals surface area contributed by atoms with Crippen LogP contribution in [0.1, 0.15) is 23.0 Å². The van der Waals surface area contributed by atoms with Crippen molar-refractivity contribution in [2.24, 2.45) is 0 Å². The molecule has 2 atom stereocenters. The minimum atomic E-state index is 0.279. The summed E-state index contributed by atoms with van der Waals surface area (Å²) in [7, 11) is 2.12. The number of benzene rings is 2. The molecule has 0 saturated carbocycles. The van der Waals surface area contributed by atoms with Crippen LogP contribution in [0.15, 0.2) is 48.5 Å². The topological polar surface area (TPSA) is 23.5 Å². The second kappa shape index (κ2) is 5.47. The van der Waals surface area contributed by atoms with Crippen LogP contribution in [0.5, 0.6) is 5.75 Å². The SMILES string of the molecule is CN1C[C@H](c2cc(Cl)ccc2O)[C@H](c2ccccc2)C1. The Morgan fingerprint density at radius 3 is 2.50 bits per heavy atom. The monoisotopic (exact) mass is 287 g/mol. The molecule has 0 aromatic heterocycles. The highest BCUT2D eigenvalue weighted by Crippen LogP contribution is 2.42. The zero-order chi connectivity index (χ0) is 14.1. The van der Waals surface area contributed by atoms with Gasteiger partial charge in [0.15, 0.2) is 0 Å². The summed E-state index contributed by atoms with van der Waals surface area (Å²) in [6.07, 6.45) is 0. The van der Waals surface area contributed by atoms with Crippen LogP contribution in [0.3, 0.4) is 0 Å². The molecule has 3 heteroatoms. The molecule has 2 nitrogen and oxygen atoms in total. The number of rotatable bonds is 2. The van der Waals surface area contributed by atoms with E-state index in [-0.39, 0.29) is 5.92 Å². The van der Waals surface area contributed by atoms with Crippen LogP contribution < -0.4 is 0 Å². The third-order valence-electron chi connectivity index (χ3n) is 4.12. The van der Waals surface area contributed by atoms with Crippen molar-refractivity contribution >= 4 is 11.6 Å². The Morgan fingerprint density at radius 1 is 1.05 bits per heavy atom. The van der Waals surface area contributed by atoms with Crippen LogP contribution >= 0.6 is 11.6 Å². The predicted octanol–water partition coefficient (Wildman–Crippen LogP) is 3.86. The molecule has 0 radical (unpaired) electrons. The number of phenolic OH excluding ortho intramolecular Hbond substituents is 1. The van der Waals surface area contributed by atoms with Crippen molar-refractivity contribution in [3.05, 3.63) is 64.7 Å². The van der Waals surface area contributed by atoms with Crippen LogP contribution in [0, 0.1) is 0 Å². The van der Waals surface area contributed by atoms with Crippen molar-refractivity contribution in [1.29, 1.82) is 0 Å². The third-order valence-corrected chi connectivity index (χ3v) is 4.35. The van der Waals surface area contributed by atoms with E-state index in [0.717, 1.165) is 18.7 Å². The van der Waals surface area contributed by atoms with Gasteiger partial charge in [0.05, 0.1) is 0 Å². The fraction of sp³-hybridized carbons (Fsp3) is 0.294. The first-order valence-corrected chi connectivity index (χ1v) is 7.25. The van der Waals surface area contributed by atoms with Crippen LogP contribution in [-0.2, 0) is 0 Å². The Bertz CT molecular complexity index is 599. The molecule has 1 fully saturated rings. The van der Waals surface area contributed by atoms with Crippen molar-refractivity contribution in [3.8, 4) is 5.75 Å². The molecular weight excluding hydrogens is 270 g/mol. The van der Waals surface area contributed by atoms with E-state index in [1.807, 2.05) is 12.1 Å². The number of hydrogen-bond acceptors (Lipinski definition) is 2. The molecule has 1 aliphatic rings. The van der Waals surface area contributed by atoms with Gasteiger partial charge >= 0.3 is 0 Å². The summed E-state index contributed by atoms with van der Waals surface area (Å²) in [5.74, 6) is 1.02. The van der Waals surface area contributed by atoms with Gasteiger partial charge in [-0.05, 0) is 30.8 Å². The lowest BCUT2D eigenvalue weighted by Crippen LogP contribution is -2.13. The first kappa shape index (κ1) is 13.5. The summed E-state index contributed by atoms with van der Waals surface area (Å²) in [5, 5.41) is 10.8. The molecule has 1 heterocycles. The smallest absolute Gasteiger partial charge is 0.119 e. The van der Waals surface area contributed by atoms with Gasteiger partial charge < -0.3 is 10.0 Å². The highest BCUT2D eigenvalue weighted by atomic mass is 35.5. The largest absolute Gasteiger partial charge is 0.508 e. The molecule has 0 amide bonds. The molecule has 20 heavy (non-hydrogen) atoms. The summed E-state index contributed by atoms with van der Waals surface area (Å²) in [5.41, 5.74) is 2.27. The van der Waals surface area contributed by atoms with E-state index in [9.17, 15) is 5.11 Å². The van der Waals surface area contributed by atoms with Crippen LogP contribution in [0.2, 0.25) is 5.02 Å². The highest BCUT2D eigenvalue weighted by molar-refractivity contribution is 6.30. The molecule has 2 aromatic carbocycles. The molecule has 3 rings (SSSR count). The normalized spacial score (nSPS) is 23.1. The highest BCUT2D eigenvalue weighted by Gasteiger charge is 2.34. The quantitative estimate of drug-likeness (QED) is 0.907.